The summed E-state index contributed by atoms with van der Waals surface area (Å²) in [6, 6.07) is 12.0. The van der Waals surface area contributed by atoms with Gasteiger partial charge in [0.2, 0.25) is 0 Å². The number of benzene rings is 1. The normalized spacial score (nSPS) is 19.6. The molecule has 1 N–H and O–H groups in total. The molecule has 4 rings (SSSR count). The number of nitrogens with zero attached hydrogens (tertiary/aromatic N) is 1. The van der Waals surface area contributed by atoms with Gasteiger partial charge in [-0.05, 0) is 47.4 Å². The van der Waals surface area contributed by atoms with Crippen LogP contribution in [0.2, 0.25) is 0 Å². The molecular weight excluding hydrogens is 340 g/mol. The molecule has 0 saturated heterocycles. The van der Waals surface area contributed by atoms with Crippen LogP contribution in [0.25, 0.3) is 5.57 Å². The van der Waals surface area contributed by atoms with Gasteiger partial charge in [-0.2, -0.15) is 0 Å². The van der Waals surface area contributed by atoms with E-state index in [1.807, 2.05) is 24.3 Å². The van der Waals surface area contributed by atoms with Crippen LogP contribution >= 0.6 is 0 Å². The minimum atomic E-state index is -0.589. The van der Waals surface area contributed by atoms with Crippen molar-refractivity contribution in [2.24, 2.45) is 0 Å². The molecule has 1 aromatic heterocycles. The number of pyridine rings is 1. The summed E-state index contributed by atoms with van der Waals surface area (Å²) in [6.45, 7) is 4.59. The van der Waals surface area contributed by atoms with Crippen molar-refractivity contribution in [1.29, 1.82) is 5.41 Å². The quantitative estimate of drug-likeness (QED) is 0.672. The van der Waals surface area contributed by atoms with Gasteiger partial charge < -0.3 is 14.7 Å². The van der Waals surface area contributed by atoms with Crippen molar-refractivity contribution in [3.63, 3.8) is 0 Å². The van der Waals surface area contributed by atoms with Crippen LogP contribution in [0.5, 0.6) is 0 Å². The number of aromatic nitrogens is 1. The smallest absolute Gasteiger partial charge is 0.314 e. The number of hydrogen-bond acceptors (Lipinski definition) is 4. The zero-order valence-corrected chi connectivity index (χ0v) is 14.9. The zero-order valence-electron chi connectivity index (χ0n) is 14.9. The van der Waals surface area contributed by atoms with Crippen molar-refractivity contribution in [3.05, 3.63) is 87.4 Å². The van der Waals surface area contributed by atoms with E-state index >= 15 is 0 Å². The molecule has 2 aliphatic rings. The van der Waals surface area contributed by atoms with E-state index in [4.69, 9.17) is 10.1 Å². The van der Waals surface area contributed by atoms with Crippen LogP contribution in [0.15, 0.2) is 59.4 Å². The standard InChI is InChI=1S/C22H20N2O3/c1-14-12-24-20(16(14)8-7-15-5-3-2-4-6-15)11-18-17(9-10-23)22(26)27-13-19(18)21(24)25/h2-6,8,10-11,17,23H,1,7,9,12-13H2/b16-8+,23-10?. The molecule has 0 amide bonds. The van der Waals surface area contributed by atoms with Crippen LogP contribution in [-0.4, -0.2) is 16.8 Å². The average molecular weight is 360 g/mol. The van der Waals surface area contributed by atoms with Gasteiger partial charge in [-0.3, -0.25) is 9.59 Å². The van der Waals surface area contributed by atoms with Gasteiger partial charge >= 0.3 is 5.97 Å². The van der Waals surface area contributed by atoms with E-state index in [1.165, 1.54) is 11.8 Å². The van der Waals surface area contributed by atoms with Gasteiger partial charge in [0.15, 0.2) is 0 Å². The van der Waals surface area contributed by atoms with Crippen LogP contribution in [0.1, 0.15) is 34.7 Å². The number of cyclic esters (lactones) is 1. The fourth-order valence-electron chi connectivity index (χ4n) is 3.80. The predicted molar refractivity (Wildman–Crippen MR) is 104 cm³/mol. The van der Waals surface area contributed by atoms with Crippen molar-refractivity contribution in [2.75, 3.05) is 0 Å². The highest BCUT2D eigenvalue weighted by Gasteiger charge is 2.34. The number of esters is 1. The van der Waals surface area contributed by atoms with Crippen molar-refractivity contribution >= 4 is 17.8 Å². The second-order valence-electron chi connectivity index (χ2n) is 6.87. The van der Waals surface area contributed by atoms with Crippen molar-refractivity contribution < 1.29 is 9.53 Å². The lowest BCUT2D eigenvalue weighted by molar-refractivity contribution is -0.148. The lowest BCUT2D eigenvalue weighted by Gasteiger charge is -2.24. The number of fused-ring (bicyclic) bond motifs is 2. The first-order valence-electron chi connectivity index (χ1n) is 8.95. The summed E-state index contributed by atoms with van der Waals surface area (Å²) in [5.41, 5.74) is 4.89. The molecule has 2 aromatic rings. The molecule has 2 aliphatic heterocycles. The Kier molecular flexibility index (Phi) is 4.36. The molecule has 0 bridgehead atoms. The van der Waals surface area contributed by atoms with Gasteiger partial charge in [0, 0.05) is 0 Å². The molecule has 0 fully saturated rings. The highest BCUT2D eigenvalue weighted by atomic mass is 16.5. The first kappa shape index (κ1) is 17.2. The molecule has 1 atom stereocenters. The zero-order chi connectivity index (χ0) is 19.0. The molecule has 3 heterocycles. The minimum absolute atomic E-state index is 0.00266. The number of carbonyl (C=O) groups excluding carboxylic acids is 1. The first-order valence-corrected chi connectivity index (χ1v) is 8.95. The van der Waals surface area contributed by atoms with Crippen molar-refractivity contribution in [1.82, 2.24) is 4.57 Å². The third-order valence-corrected chi connectivity index (χ3v) is 5.20. The summed E-state index contributed by atoms with van der Waals surface area (Å²) in [5.74, 6) is -0.962. The second-order valence-corrected chi connectivity index (χ2v) is 6.87. The SMILES string of the molecule is C=C1Cn2c(cc3c(c2=O)COC(=O)C3CC=N)/C1=C/Cc1ccccc1. The number of nitrogens with one attached hydrogen (secondary N) is 1. The summed E-state index contributed by atoms with van der Waals surface area (Å²) in [7, 11) is 0. The Hall–Kier alpha value is -3.21. The summed E-state index contributed by atoms with van der Waals surface area (Å²) in [4.78, 5) is 25.1. The van der Waals surface area contributed by atoms with Crippen molar-refractivity contribution in [2.45, 2.75) is 31.9 Å². The van der Waals surface area contributed by atoms with Crippen LogP contribution in [-0.2, 0) is 29.1 Å². The minimum Gasteiger partial charge on any atom is -0.460 e. The molecular formula is C22H20N2O3. The van der Waals surface area contributed by atoms with Gasteiger partial charge in [-0.15, -0.1) is 0 Å². The highest BCUT2D eigenvalue weighted by Crippen LogP contribution is 2.35. The summed E-state index contributed by atoms with van der Waals surface area (Å²) >= 11 is 0. The fourth-order valence-corrected chi connectivity index (χ4v) is 3.80. The van der Waals surface area contributed by atoms with Gasteiger partial charge in [-0.25, -0.2) is 0 Å². The topological polar surface area (TPSA) is 72.2 Å². The first-order chi connectivity index (χ1) is 13.1. The molecule has 5 nitrogen and oxygen atoms in total. The molecule has 136 valence electrons. The molecule has 1 unspecified atom stereocenters. The number of hydrogen-bond donors (Lipinski definition) is 1. The van der Waals surface area contributed by atoms with E-state index in [1.54, 1.807) is 4.57 Å². The number of rotatable bonds is 4. The van der Waals surface area contributed by atoms with Gasteiger partial charge in [0.25, 0.3) is 5.56 Å². The van der Waals surface area contributed by atoms with E-state index in [2.05, 4.69) is 24.8 Å². The average Bonchev–Trinajstić information content (AvgIpc) is 2.99. The van der Waals surface area contributed by atoms with Gasteiger partial charge in [0.05, 0.1) is 23.7 Å². The van der Waals surface area contributed by atoms with E-state index in [0.29, 0.717) is 17.7 Å². The summed E-state index contributed by atoms with van der Waals surface area (Å²) < 4.78 is 6.88. The summed E-state index contributed by atoms with van der Waals surface area (Å²) in [6.07, 6.45) is 4.26. The maximum absolute atomic E-state index is 13.0. The predicted octanol–water partition coefficient (Wildman–Crippen LogP) is 3.22. The van der Waals surface area contributed by atoms with Gasteiger partial charge in [-0.1, -0.05) is 43.0 Å². The third kappa shape index (κ3) is 2.95. The molecule has 0 aliphatic carbocycles. The molecule has 0 saturated carbocycles. The number of carbonyl (C=O) groups is 1. The van der Waals surface area contributed by atoms with Crippen molar-refractivity contribution in [3.8, 4) is 0 Å². The lowest BCUT2D eigenvalue weighted by atomic mass is 9.89. The van der Waals surface area contributed by atoms with E-state index in [0.717, 1.165) is 23.3 Å². The Morgan fingerprint density at radius 1 is 1.26 bits per heavy atom. The Morgan fingerprint density at radius 3 is 2.78 bits per heavy atom. The van der Waals surface area contributed by atoms with Crippen LogP contribution in [0.4, 0.5) is 0 Å². The molecule has 0 radical (unpaired) electrons. The van der Waals surface area contributed by atoms with Gasteiger partial charge in [0.1, 0.15) is 6.61 Å². The summed E-state index contributed by atoms with van der Waals surface area (Å²) in [5, 5.41) is 7.37. The number of ether oxygens (including phenoxy) is 1. The Labute approximate surface area is 157 Å². The Morgan fingerprint density at radius 2 is 2.04 bits per heavy atom. The maximum Gasteiger partial charge on any atom is 0.314 e. The number of allylic oxidation sites excluding steroid dienone is 3. The fraction of sp³-hybridized carbons (Fsp3) is 0.227. The van der Waals surface area contributed by atoms with E-state index in [9.17, 15) is 9.59 Å². The molecule has 1 aromatic carbocycles. The molecule has 5 heteroatoms. The maximum atomic E-state index is 13.0. The van der Waals surface area contributed by atoms with E-state index < -0.39 is 5.92 Å². The van der Waals surface area contributed by atoms with Crippen LogP contribution < -0.4 is 5.56 Å². The molecule has 27 heavy (non-hydrogen) atoms. The molecule has 0 spiro atoms. The largest absolute Gasteiger partial charge is 0.460 e. The Bertz CT molecular complexity index is 1030. The lowest BCUT2D eigenvalue weighted by Crippen LogP contribution is -2.33. The third-order valence-electron chi connectivity index (χ3n) is 5.20. The highest BCUT2D eigenvalue weighted by molar-refractivity contribution is 5.85. The van der Waals surface area contributed by atoms with Crippen LogP contribution in [0, 0.1) is 5.41 Å². The monoisotopic (exact) mass is 360 g/mol. The van der Waals surface area contributed by atoms with Crippen LogP contribution in [0.3, 0.4) is 0 Å². The van der Waals surface area contributed by atoms with E-state index in [-0.39, 0.29) is 24.6 Å². The second kappa shape index (κ2) is 6.83. The Balaban J connectivity index is 1.80.